The second kappa shape index (κ2) is 4.94. The van der Waals surface area contributed by atoms with Gasteiger partial charge in [-0.25, -0.2) is 8.78 Å². The lowest BCUT2D eigenvalue weighted by Gasteiger charge is -2.24. The van der Waals surface area contributed by atoms with Gasteiger partial charge in [0.15, 0.2) is 0 Å². The number of benzene rings is 1. The standard InChI is InChI=1S/C13H16F2N2O/c1-8(16-2)17-7-10(5-13(17)18)9-3-11(14)6-12(15)4-9/h3-4,6,10,13,16,18H,1,5,7H2,2H3. The lowest BCUT2D eigenvalue weighted by molar-refractivity contribution is 0.0587. The summed E-state index contributed by atoms with van der Waals surface area (Å²) in [6, 6.07) is 3.47. The molecule has 0 amide bonds. The third kappa shape index (κ3) is 2.46. The predicted molar refractivity (Wildman–Crippen MR) is 64.6 cm³/mol. The van der Waals surface area contributed by atoms with Gasteiger partial charge in [-0.3, -0.25) is 0 Å². The van der Waals surface area contributed by atoms with Crippen molar-refractivity contribution in [2.45, 2.75) is 18.6 Å². The molecule has 98 valence electrons. The minimum Gasteiger partial charge on any atom is -0.375 e. The molecule has 1 fully saturated rings. The minimum absolute atomic E-state index is 0.102. The van der Waals surface area contributed by atoms with E-state index < -0.39 is 17.9 Å². The van der Waals surface area contributed by atoms with Crippen molar-refractivity contribution in [3.8, 4) is 0 Å². The van der Waals surface area contributed by atoms with Crippen molar-refractivity contribution in [2.75, 3.05) is 13.6 Å². The minimum atomic E-state index is -0.679. The van der Waals surface area contributed by atoms with E-state index in [9.17, 15) is 13.9 Å². The van der Waals surface area contributed by atoms with Crippen LogP contribution in [0.15, 0.2) is 30.6 Å². The molecule has 0 bridgehead atoms. The SMILES string of the molecule is C=C(NC)N1CC(c2cc(F)cc(F)c2)CC1O. The third-order valence-electron chi connectivity index (χ3n) is 3.26. The highest BCUT2D eigenvalue weighted by Crippen LogP contribution is 2.32. The molecular formula is C13H16F2N2O. The van der Waals surface area contributed by atoms with Gasteiger partial charge in [-0.05, 0) is 17.7 Å². The van der Waals surface area contributed by atoms with Crippen molar-refractivity contribution in [1.29, 1.82) is 0 Å². The molecule has 0 spiro atoms. The molecule has 5 heteroatoms. The third-order valence-corrected chi connectivity index (χ3v) is 3.26. The number of hydrogen-bond donors (Lipinski definition) is 2. The molecule has 1 aliphatic rings. The van der Waals surface area contributed by atoms with Gasteiger partial charge in [0, 0.05) is 32.0 Å². The quantitative estimate of drug-likeness (QED) is 0.863. The zero-order chi connectivity index (χ0) is 13.3. The fourth-order valence-electron chi connectivity index (χ4n) is 2.30. The van der Waals surface area contributed by atoms with Gasteiger partial charge in [0.25, 0.3) is 0 Å². The summed E-state index contributed by atoms with van der Waals surface area (Å²) in [6.45, 7) is 4.27. The second-order valence-electron chi connectivity index (χ2n) is 4.47. The monoisotopic (exact) mass is 254 g/mol. The van der Waals surface area contributed by atoms with Crippen molar-refractivity contribution in [3.05, 3.63) is 47.8 Å². The highest BCUT2D eigenvalue weighted by molar-refractivity contribution is 5.24. The number of nitrogens with zero attached hydrogens (tertiary/aromatic N) is 1. The Hall–Kier alpha value is -1.62. The van der Waals surface area contributed by atoms with Crippen LogP contribution in [-0.4, -0.2) is 29.8 Å². The zero-order valence-corrected chi connectivity index (χ0v) is 10.2. The molecule has 1 aromatic carbocycles. The first-order valence-corrected chi connectivity index (χ1v) is 5.78. The summed E-state index contributed by atoms with van der Waals surface area (Å²) in [4.78, 5) is 1.69. The predicted octanol–water partition coefficient (Wildman–Crippen LogP) is 1.76. The van der Waals surface area contributed by atoms with Crippen molar-refractivity contribution in [2.24, 2.45) is 0 Å². The Balaban J connectivity index is 2.19. The summed E-state index contributed by atoms with van der Waals surface area (Å²) in [7, 11) is 1.71. The van der Waals surface area contributed by atoms with Gasteiger partial charge in [-0.15, -0.1) is 0 Å². The average molecular weight is 254 g/mol. The number of halogens is 2. The normalized spacial score (nSPS) is 23.2. The first kappa shape index (κ1) is 12.8. The van der Waals surface area contributed by atoms with Gasteiger partial charge in [0.05, 0.1) is 5.82 Å². The molecule has 0 aromatic heterocycles. The molecular weight excluding hydrogens is 238 g/mol. The molecule has 3 nitrogen and oxygen atoms in total. The van der Waals surface area contributed by atoms with Gasteiger partial charge in [-0.1, -0.05) is 6.58 Å². The average Bonchev–Trinajstić information content (AvgIpc) is 2.69. The summed E-state index contributed by atoms with van der Waals surface area (Å²) in [5.74, 6) is -0.687. The van der Waals surface area contributed by atoms with E-state index in [2.05, 4.69) is 11.9 Å². The van der Waals surface area contributed by atoms with Gasteiger partial charge in [0.2, 0.25) is 0 Å². The number of likely N-dealkylation sites (tertiary alicyclic amines) is 1. The molecule has 0 radical (unpaired) electrons. The highest BCUT2D eigenvalue weighted by Gasteiger charge is 2.32. The van der Waals surface area contributed by atoms with Crippen LogP contribution in [0.2, 0.25) is 0 Å². The Bertz CT molecular complexity index is 444. The topological polar surface area (TPSA) is 35.5 Å². The van der Waals surface area contributed by atoms with Crippen molar-refractivity contribution < 1.29 is 13.9 Å². The summed E-state index contributed by atoms with van der Waals surface area (Å²) in [5, 5.41) is 12.8. The molecule has 0 saturated carbocycles. The molecule has 2 unspecified atom stereocenters. The van der Waals surface area contributed by atoms with Crippen LogP contribution in [0.4, 0.5) is 8.78 Å². The Kier molecular flexibility index (Phi) is 3.52. The zero-order valence-electron chi connectivity index (χ0n) is 10.2. The number of aliphatic hydroxyl groups is 1. The summed E-state index contributed by atoms with van der Waals surface area (Å²) in [5.41, 5.74) is 0.568. The van der Waals surface area contributed by atoms with E-state index in [1.54, 1.807) is 11.9 Å². The maximum absolute atomic E-state index is 13.2. The highest BCUT2D eigenvalue weighted by atomic mass is 19.1. The lowest BCUT2D eigenvalue weighted by atomic mass is 9.98. The van der Waals surface area contributed by atoms with Gasteiger partial charge in [0.1, 0.15) is 17.9 Å². The van der Waals surface area contributed by atoms with Gasteiger partial charge < -0.3 is 15.3 Å². The first-order valence-electron chi connectivity index (χ1n) is 5.78. The molecule has 2 N–H and O–H groups in total. The van der Waals surface area contributed by atoms with E-state index in [-0.39, 0.29) is 5.92 Å². The van der Waals surface area contributed by atoms with E-state index in [4.69, 9.17) is 0 Å². The maximum Gasteiger partial charge on any atom is 0.128 e. The fraction of sp³-hybridized carbons (Fsp3) is 0.385. The van der Waals surface area contributed by atoms with Crippen LogP contribution in [0.3, 0.4) is 0 Å². The van der Waals surface area contributed by atoms with Crippen molar-refractivity contribution in [3.63, 3.8) is 0 Å². The Morgan fingerprint density at radius 3 is 2.56 bits per heavy atom. The largest absolute Gasteiger partial charge is 0.375 e. The molecule has 1 aromatic rings. The summed E-state index contributed by atoms with van der Waals surface area (Å²) >= 11 is 0. The van der Waals surface area contributed by atoms with Crippen LogP contribution in [0.1, 0.15) is 17.9 Å². The Morgan fingerprint density at radius 1 is 1.39 bits per heavy atom. The molecule has 1 heterocycles. The summed E-state index contributed by atoms with van der Waals surface area (Å²) in [6.07, 6.45) is -0.245. The van der Waals surface area contributed by atoms with E-state index in [0.29, 0.717) is 24.4 Å². The van der Waals surface area contributed by atoms with Gasteiger partial charge >= 0.3 is 0 Å². The van der Waals surface area contributed by atoms with Crippen LogP contribution >= 0.6 is 0 Å². The van der Waals surface area contributed by atoms with E-state index in [1.807, 2.05) is 0 Å². The molecule has 1 aliphatic heterocycles. The maximum atomic E-state index is 13.2. The van der Waals surface area contributed by atoms with Crippen LogP contribution in [0.5, 0.6) is 0 Å². The van der Waals surface area contributed by atoms with E-state index in [0.717, 1.165) is 6.07 Å². The number of rotatable bonds is 3. The van der Waals surface area contributed by atoms with Crippen LogP contribution in [0, 0.1) is 11.6 Å². The molecule has 0 aliphatic carbocycles. The van der Waals surface area contributed by atoms with Crippen LogP contribution < -0.4 is 5.32 Å². The molecule has 18 heavy (non-hydrogen) atoms. The Labute approximate surface area is 105 Å². The number of hydrogen-bond acceptors (Lipinski definition) is 3. The van der Waals surface area contributed by atoms with E-state index in [1.165, 1.54) is 12.1 Å². The number of nitrogens with one attached hydrogen (secondary N) is 1. The van der Waals surface area contributed by atoms with Crippen molar-refractivity contribution in [1.82, 2.24) is 10.2 Å². The summed E-state index contributed by atoms with van der Waals surface area (Å²) < 4.78 is 26.3. The van der Waals surface area contributed by atoms with Crippen molar-refractivity contribution >= 4 is 0 Å². The Morgan fingerprint density at radius 2 is 2.00 bits per heavy atom. The fourth-order valence-corrected chi connectivity index (χ4v) is 2.30. The second-order valence-corrected chi connectivity index (χ2v) is 4.47. The van der Waals surface area contributed by atoms with Gasteiger partial charge in [-0.2, -0.15) is 0 Å². The first-order chi connectivity index (χ1) is 8.51. The molecule has 1 saturated heterocycles. The van der Waals surface area contributed by atoms with Crippen LogP contribution in [0.25, 0.3) is 0 Å². The number of aliphatic hydroxyl groups excluding tert-OH is 1. The molecule has 2 rings (SSSR count). The smallest absolute Gasteiger partial charge is 0.128 e. The van der Waals surface area contributed by atoms with E-state index >= 15 is 0 Å². The lowest BCUT2D eigenvalue weighted by Crippen LogP contribution is -2.33. The molecule has 2 atom stereocenters. The van der Waals surface area contributed by atoms with Crippen LogP contribution in [-0.2, 0) is 0 Å².